The Kier molecular flexibility index (Phi) is 7.91. The third-order valence-electron chi connectivity index (χ3n) is 7.23. The molecule has 0 radical (unpaired) electrons. The summed E-state index contributed by atoms with van der Waals surface area (Å²) in [7, 11) is 3.22. The van der Waals surface area contributed by atoms with E-state index in [1.54, 1.807) is 21.1 Å². The number of carbonyl (C=O) groups excluding carboxylic acids is 2. The summed E-state index contributed by atoms with van der Waals surface area (Å²) in [4.78, 5) is 27.1. The summed E-state index contributed by atoms with van der Waals surface area (Å²) in [5.74, 6) is 3.05. The lowest BCUT2D eigenvalue weighted by atomic mass is 9.87. The van der Waals surface area contributed by atoms with Crippen molar-refractivity contribution in [3.05, 3.63) is 76.9 Å². The fourth-order valence-electron chi connectivity index (χ4n) is 5.26. The molecule has 1 N–H and O–H groups in total. The lowest BCUT2D eigenvalue weighted by Crippen LogP contribution is -2.39. The van der Waals surface area contributed by atoms with Gasteiger partial charge in [0.25, 0.3) is 0 Å². The molecule has 2 amide bonds. The number of methoxy groups -OCH3 is 2. The average Bonchev–Trinajstić information content (AvgIpc) is 2.94. The van der Waals surface area contributed by atoms with Crippen molar-refractivity contribution in [2.45, 2.75) is 38.6 Å². The highest BCUT2D eigenvalue weighted by atomic mass is 16.5. The molecule has 0 aromatic heterocycles. The van der Waals surface area contributed by atoms with E-state index in [9.17, 15) is 9.59 Å². The van der Waals surface area contributed by atoms with Gasteiger partial charge in [0.05, 0.1) is 26.9 Å². The summed E-state index contributed by atoms with van der Waals surface area (Å²) in [6.07, 6.45) is 2.33. The van der Waals surface area contributed by atoms with Crippen molar-refractivity contribution in [1.29, 1.82) is 0 Å². The van der Waals surface area contributed by atoms with E-state index in [0.29, 0.717) is 74.1 Å². The van der Waals surface area contributed by atoms with Crippen molar-refractivity contribution in [3.8, 4) is 28.7 Å². The minimum Gasteiger partial charge on any atom is -0.493 e. The third kappa shape index (κ3) is 5.79. The molecule has 0 aliphatic carbocycles. The Morgan fingerprint density at radius 2 is 1.82 bits per heavy atom. The average molecular weight is 531 g/mol. The molecule has 8 nitrogen and oxygen atoms in total. The first kappa shape index (κ1) is 26.4. The van der Waals surface area contributed by atoms with E-state index in [2.05, 4.69) is 5.32 Å². The van der Waals surface area contributed by atoms with Crippen molar-refractivity contribution in [2.24, 2.45) is 0 Å². The molecule has 1 unspecified atom stereocenters. The Balaban J connectivity index is 1.61. The normalized spacial score (nSPS) is 17.4. The second-order valence-electron chi connectivity index (χ2n) is 9.78. The maximum atomic E-state index is 12.8. The summed E-state index contributed by atoms with van der Waals surface area (Å²) in [6, 6.07) is 17.2. The number of ether oxygens (including phenoxy) is 4. The second kappa shape index (κ2) is 11.7. The van der Waals surface area contributed by atoms with Crippen LogP contribution in [0.5, 0.6) is 28.7 Å². The van der Waals surface area contributed by atoms with Crippen LogP contribution in [0, 0.1) is 0 Å². The maximum Gasteiger partial charge on any atom is 0.220 e. The minimum absolute atomic E-state index is 0.00786. The van der Waals surface area contributed by atoms with E-state index in [1.165, 1.54) is 0 Å². The third-order valence-corrected chi connectivity index (χ3v) is 7.23. The van der Waals surface area contributed by atoms with E-state index in [0.717, 1.165) is 22.3 Å². The van der Waals surface area contributed by atoms with Gasteiger partial charge in [-0.15, -0.1) is 0 Å². The summed E-state index contributed by atoms with van der Waals surface area (Å²) < 4.78 is 23.7. The van der Waals surface area contributed by atoms with Crippen LogP contribution in [0.3, 0.4) is 0 Å². The molecule has 39 heavy (non-hydrogen) atoms. The number of nitrogens with one attached hydrogen (secondary N) is 1. The first-order valence-electron chi connectivity index (χ1n) is 13.3. The van der Waals surface area contributed by atoms with E-state index in [4.69, 9.17) is 18.9 Å². The molecule has 0 fully saturated rings. The van der Waals surface area contributed by atoms with Gasteiger partial charge in [-0.25, -0.2) is 0 Å². The van der Waals surface area contributed by atoms with Gasteiger partial charge in [0.1, 0.15) is 5.75 Å². The van der Waals surface area contributed by atoms with Gasteiger partial charge >= 0.3 is 0 Å². The molecule has 3 aliphatic rings. The maximum absolute atomic E-state index is 12.8. The lowest BCUT2D eigenvalue weighted by Gasteiger charge is -2.38. The van der Waals surface area contributed by atoms with Crippen molar-refractivity contribution in [1.82, 2.24) is 10.2 Å². The summed E-state index contributed by atoms with van der Waals surface area (Å²) in [5, 5.41) is 2.97. The van der Waals surface area contributed by atoms with Gasteiger partial charge < -0.3 is 29.2 Å². The van der Waals surface area contributed by atoms with E-state index >= 15 is 0 Å². The van der Waals surface area contributed by atoms with Crippen LogP contribution in [0.15, 0.2) is 54.6 Å². The largest absolute Gasteiger partial charge is 0.493 e. The number of nitrogens with zero attached hydrogens (tertiary/aromatic N) is 1. The zero-order valence-corrected chi connectivity index (χ0v) is 22.6. The highest BCUT2D eigenvalue weighted by Gasteiger charge is 2.32. The number of aryl methyl sites for hydroxylation is 1. The van der Waals surface area contributed by atoms with Gasteiger partial charge in [-0.3, -0.25) is 9.59 Å². The molecule has 0 saturated carbocycles. The number of amides is 2. The predicted molar refractivity (Wildman–Crippen MR) is 147 cm³/mol. The Hall–Kier alpha value is -4.20. The van der Waals surface area contributed by atoms with Crippen LogP contribution in [0.4, 0.5) is 0 Å². The molecule has 8 bridgehead atoms. The number of fused-ring (bicyclic) bond motifs is 8. The topological polar surface area (TPSA) is 86.3 Å². The molecule has 0 spiro atoms. The van der Waals surface area contributed by atoms with Crippen LogP contribution >= 0.6 is 0 Å². The smallest absolute Gasteiger partial charge is 0.220 e. The standard InChI is InChI=1S/C31H34N2O6/c1-20(34)33-14-12-22-17-29-27(37-3)19-25(22)31(33)23-9-10-26(36-2)28(18-23)38-15-5-13-32-30(35)11-8-21-6-4-7-24(16-21)39-29/h4,6-7,9-10,16-19,31H,5,8,11-15H2,1-3H3,(H,32,35). The zero-order chi connectivity index (χ0) is 27.4. The molecule has 8 heteroatoms. The van der Waals surface area contributed by atoms with Gasteiger partial charge in [0.2, 0.25) is 11.8 Å². The van der Waals surface area contributed by atoms with Crippen LogP contribution in [0.1, 0.15) is 48.1 Å². The van der Waals surface area contributed by atoms with Crippen LogP contribution in [-0.2, 0) is 22.4 Å². The number of hydrogen-bond acceptors (Lipinski definition) is 6. The van der Waals surface area contributed by atoms with Gasteiger partial charge in [0.15, 0.2) is 23.0 Å². The van der Waals surface area contributed by atoms with Crippen molar-refractivity contribution in [2.75, 3.05) is 33.9 Å². The SMILES string of the molecule is COc1ccc2cc1OCCCNC(=O)CCc1cccc(c1)Oc1cc3c(cc1OC)C2N(C(C)=O)CC3. The quantitative estimate of drug-likeness (QED) is 0.511. The molecule has 204 valence electrons. The predicted octanol–water partition coefficient (Wildman–Crippen LogP) is 4.82. The van der Waals surface area contributed by atoms with Crippen molar-refractivity contribution >= 4 is 11.8 Å². The van der Waals surface area contributed by atoms with Gasteiger partial charge in [-0.05, 0) is 77.9 Å². The van der Waals surface area contributed by atoms with Crippen LogP contribution in [-0.4, -0.2) is 50.6 Å². The Labute approximate surface area is 228 Å². The summed E-state index contributed by atoms with van der Waals surface area (Å²) in [6.45, 7) is 3.10. The van der Waals surface area contributed by atoms with Crippen LogP contribution in [0.2, 0.25) is 0 Å². The highest BCUT2D eigenvalue weighted by molar-refractivity contribution is 5.76. The minimum atomic E-state index is -0.323. The first-order valence-corrected chi connectivity index (χ1v) is 13.3. The van der Waals surface area contributed by atoms with Crippen LogP contribution in [0.25, 0.3) is 0 Å². The molecule has 3 aromatic rings. The van der Waals surface area contributed by atoms with Gasteiger partial charge in [-0.2, -0.15) is 0 Å². The second-order valence-corrected chi connectivity index (χ2v) is 9.78. The molecule has 0 saturated heterocycles. The fraction of sp³-hybridized carbons (Fsp3) is 0.355. The van der Waals surface area contributed by atoms with E-state index < -0.39 is 0 Å². The molecular weight excluding hydrogens is 496 g/mol. The Morgan fingerprint density at radius 3 is 2.62 bits per heavy atom. The lowest BCUT2D eigenvalue weighted by molar-refractivity contribution is -0.130. The Morgan fingerprint density at radius 1 is 0.974 bits per heavy atom. The number of hydrogen-bond donors (Lipinski definition) is 1. The fourth-order valence-corrected chi connectivity index (χ4v) is 5.26. The molecule has 3 aliphatic heterocycles. The Bertz CT molecular complexity index is 1370. The number of rotatable bonds is 2. The van der Waals surface area contributed by atoms with E-state index in [-0.39, 0.29) is 17.9 Å². The summed E-state index contributed by atoms with van der Waals surface area (Å²) >= 11 is 0. The summed E-state index contributed by atoms with van der Waals surface area (Å²) in [5.41, 5.74) is 4.00. The van der Waals surface area contributed by atoms with E-state index in [1.807, 2.05) is 59.5 Å². The van der Waals surface area contributed by atoms with Gasteiger partial charge in [-0.1, -0.05) is 18.2 Å². The monoisotopic (exact) mass is 530 g/mol. The van der Waals surface area contributed by atoms with Crippen molar-refractivity contribution < 1.29 is 28.5 Å². The number of carbonyl (C=O) groups is 2. The van der Waals surface area contributed by atoms with Gasteiger partial charge in [0, 0.05) is 26.4 Å². The van der Waals surface area contributed by atoms with Crippen LogP contribution < -0.4 is 24.3 Å². The molecule has 3 aromatic carbocycles. The molecule has 6 rings (SSSR count). The first-order chi connectivity index (χ1) is 19.0. The zero-order valence-electron chi connectivity index (χ0n) is 22.6. The highest BCUT2D eigenvalue weighted by Crippen LogP contribution is 2.44. The molecule has 1 atom stereocenters. The molecule has 3 heterocycles. The van der Waals surface area contributed by atoms with Crippen molar-refractivity contribution in [3.63, 3.8) is 0 Å². The molecular formula is C31H34N2O6. The number of benzene rings is 3.